The maximum absolute atomic E-state index is 14.0. The molecule has 0 bridgehead atoms. The van der Waals surface area contributed by atoms with Gasteiger partial charge in [0.2, 0.25) is 15.9 Å². The average molecular weight is 664 g/mol. The number of benzene rings is 2. The van der Waals surface area contributed by atoms with Crippen molar-refractivity contribution in [2.75, 3.05) is 26.1 Å². The number of nitrogens with one attached hydrogen (secondary N) is 2. The molecule has 47 heavy (non-hydrogen) atoms. The first kappa shape index (κ1) is 33.9. The number of hydrogen-bond donors (Lipinski definition) is 2. The van der Waals surface area contributed by atoms with Crippen LogP contribution in [-0.4, -0.2) is 62.3 Å². The van der Waals surface area contributed by atoms with Gasteiger partial charge in [0.25, 0.3) is 0 Å². The lowest BCUT2D eigenvalue weighted by Gasteiger charge is -2.24. The van der Waals surface area contributed by atoms with Crippen LogP contribution in [0.3, 0.4) is 0 Å². The molecule has 1 fully saturated rings. The summed E-state index contributed by atoms with van der Waals surface area (Å²) in [5.74, 6) is 0.246. The number of ether oxygens (including phenoxy) is 4. The monoisotopic (exact) mass is 663 g/mol. The van der Waals surface area contributed by atoms with E-state index in [4.69, 9.17) is 18.9 Å². The number of rotatable bonds is 13. The number of methoxy groups -OCH3 is 2. The molecule has 1 aliphatic rings. The van der Waals surface area contributed by atoms with Gasteiger partial charge in [-0.05, 0) is 56.9 Å². The van der Waals surface area contributed by atoms with E-state index >= 15 is 0 Å². The van der Waals surface area contributed by atoms with Crippen LogP contribution in [0.1, 0.15) is 69.7 Å². The van der Waals surface area contributed by atoms with E-state index in [9.17, 15) is 13.2 Å². The Morgan fingerprint density at radius 1 is 1.00 bits per heavy atom. The molecule has 13 heteroatoms. The molecule has 0 spiro atoms. The van der Waals surface area contributed by atoms with E-state index in [1.54, 1.807) is 30.5 Å². The minimum absolute atomic E-state index is 0.0148. The summed E-state index contributed by atoms with van der Waals surface area (Å²) in [4.78, 5) is 26.0. The molecule has 250 valence electrons. The van der Waals surface area contributed by atoms with Crippen molar-refractivity contribution in [3.63, 3.8) is 0 Å². The lowest BCUT2D eigenvalue weighted by atomic mass is 9.96. The van der Waals surface area contributed by atoms with Gasteiger partial charge >= 0.3 is 12.0 Å². The van der Waals surface area contributed by atoms with Crippen LogP contribution in [0.5, 0.6) is 17.6 Å². The Morgan fingerprint density at radius 2 is 1.79 bits per heavy atom. The first-order chi connectivity index (χ1) is 22.6. The number of esters is 1. The smallest absolute Gasteiger partial charge is 0.338 e. The predicted octanol–water partition coefficient (Wildman–Crippen LogP) is 6.42. The summed E-state index contributed by atoms with van der Waals surface area (Å²) < 4.78 is 52.8. The van der Waals surface area contributed by atoms with E-state index in [2.05, 4.69) is 25.0 Å². The predicted molar refractivity (Wildman–Crippen MR) is 179 cm³/mol. The number of fused-ring (bicyclic) bond motifs is 1. The van der Waals surface area contributed by atoms with Gasteiger partial charge < -0.3 is 24.3 Å². The first-order valence-electron chi connectivity index (χ1n) is 15.8. The van der Waals surface area contributed by atoms with Crippen molar-refractivity contribution in [1.82, 2.24) is 19.7 Å². The molecule has 2 aromatic carbocycles. The van der Waals surface area contributed by atoms with Crippen molar-refractivity contribution in [1.29, 1.82) is 0 Å². The van der Waals surface area contributed by atoms with Crippen LogP contribution in [0.4, 0.5) is 11.4 Å². The van der Waals surface area contributed by atoms with Crippen LogP contribution >= 0.6 is 0 Å². The largest absolute Gasteiger partial charge is 0.491 e. The van der Waals surface area contributed by atoms with Gasteiger partial charge in [0.1, 0.15) is 10.6 Å². The van der Waals surface area contributed by atoms with Gasteiger partial charge in [0.15, 0.2) is 0 Å². The molecule has 2 N–H and O–H groups in total. The molecule has 0 amide bonds. The Hall–Kier alpha value is -4.49. The molecule has 2 aromatic heterocycles. The lowest BCUT2D eigenvalue weighted by Crippen LogP contribution is -2.36. The number of hydrogen-bond acceptors (Lipinski definition) is 11. The fraction of sp³-hybridized carbons (Fsp3) is 0.412. The van der Waals surface area contributed by atoms with E-state index in [1.807, 2.05) is 32.9 Å². The molecule has 0 aliphatic heterocycles. The van der Waals surface area contributed by atoms with Gasteiger partial charge in [-0.3, -0.25) is 4.98 Å². The number of anilines is 2. The van der Waals surface area contributed by atoms with Crippen LogP contribution < -0.4 is 24.2 Å². The molecular formula is C34H41N5O7S. The van der Waals surface area contributed by atoms with E-state index < -0.39 is 16.0 Å². The van der Waals surface area contributed by atoms with Crippen molar-refractivity contribution in [2.24, 2.45) is 0 Å². The Balaban J connectivity index is 1.64. The standard InChI is InChI=1S/C34H41N5O7S/c1-6-14-45-33(40)23-15-25(18-26(16-23)46-21(2)3)37-31-27-13-12-22(28-19-36-34(44-5)38-32(28)43-4)17-29(27)35-20-30(31)47(41,42)39-24-10-8-7-9-11-24/h12-13,15-21,24,39H,6-11,14H2,1-5H3,(H,35,37). The minimum atomic E-state index is -4.00. The Kier molecular flexibility index (Phi) is 10.8. The van der Waals surface area contributed by atoms with Gasteiger partial charge in [0.05, 0.1) is 49.3 Å². The second-order valence-corrected chi connectivity index (χ2v) is 13.3. The number of nitrogens with zero attached hydrogens (tertiary/aromatic N) is 3. The Bertz CT molecular complexity index is 1840. The topological polar surface area (TPSA) is 151 Å². The molecule has 0 saturated heterocycles. The van der Waals surface area contributed by atoms with Crippen molar-refractivity contribution in [2.45, 2.75) is 76.3 Å². The molecule has 0 unspecified atom stereocenters. The summed E-state index contributed by atoms with van der Waals surface area (Å²) in [6.45, 7) is 5.95. The molecule has 0 radical (unpaired) electrons. The lowest BCUT2D eigenvalue weighted by molar-refractivity contribution is 0.0504. The summed E-state index contributed by atoms with van der Waals surface area (Å²) >= 11 is 0. The van der Waals surface area contributed by atoms with Crippen LogP contribution in [0.2, 0.25) is 0 Å². The molecule has 0 atom stereocenters. The van der Waals surface area contributed by atoms with Crippen molar-refractivity contribution in [3.05, 3.63) is 54.4 Å². The second-order valence-electron chi connectivity index (χ2n) is 11.6. The van der Waals surface area contributed by atoms with Crippen molar-refractivity contribution < 1.29 is 32.2 Å². The second kappa shape index (κ2) is 14.9. The van der Waals surface area contributed by atoms with Gasteiger partial charge in [0, 0.05) is 35.6 Å². The summed E-state index contributed by atoms with van der Waals surface area (Å²) in [5, 5.41) is 3.85. The summed E-state index contributed by atoms with van der Waals surface area (Å²) in [6, 6.07) is 10.4. The van der Waals surface area contributed by atoms with E-state index in [-0.39, 0.29) is 35.2 Å². The van der Waals surface area contributed by atoms with Crippen LogP contribution in [0, 0.1) is 0 Å². The molecule has 2 heterocycles. The quantitative estimate of drug-likeness (QED) is 0.153. The van der Waals surface area contributed by atoms with E-state index in [0.717, 1.165) is 32.1 Å². The highest BCUT2D eigenvalue weighted by Gasteiger charge is 2.27. The third-order valence-corrected chi connectivity index (χ3v) is 9.22. The van der Waals surface area contributed by atoms with Gasteiger partial charge in [-0.2, -0.15) is 4.98 Å². The maximum atomic E-state index is 14.0. The zero-order chi connectivity index (χ0) is 33.6. The summed E-state index contributed by atoms with van der Waals surface area (Å²) in [6.07, 6.45) is 8.03. The van der Waals surface area contributed by atoms with Gasteiger partial charge in [-0.25, -0.2) is 22.9 Å². The Labute approximate surface area is 275 Å². The number of carbonyl (C=O) groups excluding carboxylic acids is 1. The summed E-state index contributed by atoms with van der Waals surface area (Å²) in [7, 11) is -1.02. The molecule has 1 saturated carbocycles. The first-order valence-corrected chi connectivity index (χ1v) is 17.3. The SMILES string of the molecule is CCCOC(=O)c1cc(Nc2c(S(=O)(=O)NC3CCCCC3)cnc3cc(-c4cnc(OC)nc4OC)ccc23)cc(OC(C)C)c1. The van der Waals surface area contributed by atoms with Crippen LogP contribution in [0.15, 0.2) is 53.7 Å². The van der Waals surface area contributed by atoms with Gasteiger partial charge in [-0.15, -0.1) is 0 Å². The van der Waals surface area contributed by atoms with Crippen LogP contribution in [0.25, 0.3) is 22.0 Å². The molecule has 12 nitrogen and oxygen atoms in total. The highest BCUT2D eigenvalue weighted by Crippen LogP contribution is 2.37. The van der Waals surface area contributed by atoms with Crippen molar-refractivity contribution in [3.8, 4) is 28.8 Å². The highest BCUT2D eigenvalue weighted by atomic mass is 32.2. The third-order valence-electron chi connectivity index (χ3n) is 7.69. The summed E-state index contributed by atoms with van der Waals surface area (Å²) in [5.41, 5.74) is 2.85. The fourth-order valence-electron chi connectivity index (χ4n) is 5.53. The Morgan fingerprint density at radius 3 is 2.49 bits per heavy atom. The minimum Gasteiger partial charge on any atom is -0.491 e. The zero-order valence-electron chi connectivity index (χ0n) is 27.3. The van der Waals surface area contributed by atoms with E-state index in [0.29, 0.717) is 51.5 Å². The zero-order valence-corrected chi connectivity index (χ0v) is 28.1. The molecule has 4 aromatic rings. The molecular weight excluding hydrogens is 622 g/mol. The van der Waals surface area contributed by atoms with Gasteiger partial charge in [-0.1, -0.05) is 38.3 Å². The fourth-order valence-corrected chi connectivity index (χ4v) is 6.96. The molecule has 1 aliphatic carbocycles. The normalized spacial score (nSPS) is 13.8. The third kappa shape index (κ3) is 8.09. The number of sulfonamides is 1. The maximum Gasteiger partial charge on any atom is 0.338 e. The number of pyridine rings is 1. The molecule has 5 rings (SSSR count). The van der Waals surface area contributed by atoms with E-state index in [1.165, 1.54) is 20.4 Å². The number of carbonyl (C=O) groups is 1. The average Bonchev–Trinajstić information content (AvgIpc) is 3.06. The number of aromatic nitrogens is 3. The highest BCUT2D eigenvalue weighted by molar-refractivity contribution is 7.89. The van der Waals surface area contributed by atoms with Crippen LogP contribution in [-0.2, 0) is 14.8 Å². The van der Waals surface area contributed by atoms with Crippen molar-refractivity contribution >= 4 is 38.3 Å².